The number of pyridine rings is 1. The van der Waals surface area contributed by atoms with Gasteiger partial charge in [0.1, 0.15) is 0 Å². The molecular formula is C22H19N3O3. The SMILES string of the molecule is O=C1CC(C(=O)Nc2ccc(Cn3ccccc3=O)cc2)c2ccccc2N1. The topological polar surface area (TPSA) is 80.2 Å². The molecule has 6 heteroatoms. The number of nitrogens with one attached hydrogen (secondary N) is 2. The van der Waals surface area contributed by atoms with E-state index in [1.165, 1.54) is 6.07 Å². The molecule has 1 aromatic heterocycles. The zero-order valence-corrected chi connectivity index (χ0v) is 15.1. The van der Waals surface area contributed by atoms with Gasteiger partial charge in [-0.15, -0.1) is 0 Å². The zero-order valence-electron chi connectivity index (χ0n) is 15.1. The van der Waals surface area contributed by atoms with E-state index in [0.29, 0.717) is 17.9 Å². The van der Waals surface area contributed by atoms with Crippen LogP contribution in [0.25, 0.3) is 0 Å². The lowest BCUT2D eigenvalue weighted by molar-refractivity contribution is -0.123. The van der Waals surface area contributed by atoms with Gasteiger partial charge in [0.25, 0.3) is 5.56 Å². The van der Waals surface area contributed by atoms with Crippen molar-refractivity contribution in [1.82, 2.24) is 4.57 Å². The van der Waals surface area contributed by atoms with Crippen LogP contribution in [0.4, 0.5) is 11.4 Å². The average molecular weight is 373 g/mol. The molecule has 2 N–H and O–H groups in total. The Morgan fingerprint density at radius 2 is 1.75 bits per heavy atom. The summed E-state index contributed by atoms with van der Waals surface area (Å²) in [4.78, 5) is 36.5. The number of nitrogens with zero attached hydrogens (tertiary/aromatic N) is 1. The van der Waals surface area contributed by atoms with Crippen molar-refractivity contribution < 1.29 is 9.59 Å². The van der Waals surface area contributed by atoms with Gasteiger partial charge in [0.05, 0.1) is 12.5 Å². The maximum Gasteiger partial charge on any atom is 0.250 e. The van der Waals surface area contributed by atoms with Gasteiger partial charge in [0, 0.05) is 30.1 Å². The number of hydrogen-bond donors (Lipinski definition) is 2. The van der Waals surface area contributed by atoms with E-state index >= 15 is 0 Å². The van der Waals surface area contributed by atoms with Gasteiger partial charge in [0.2, 0.25) is 11.8 Å². The Balaban J connectivity index is 1.48. The molecule has 4 rings (SSSR count). The lowest BCUT2D eigenvalue weighted by Crippen LogP contribution is -2.30. The number of fused-ring (bicyclic) bond motifs is 1. The standard InChI is InChI=1S/C22H19N3O3/c26-20-13-18(17-5-1-2-6-19(17)24-20)22(28)23-16-10-8-15(9-11-16)14-25-12-4-3-7-21(25)27/h1-12,18H,13-14H2,(H,23,28)(H,24,26). The molecule has 0 spiro atoms. The van der Waals surface area contributed by atoms with Gasteiger partial charge >= 0.3 is 0 Å². The number of aromatic nitrogens is 1. The maximum atomic E-state index is 12.8. The minimum absolute atomic E-state index is 0.0610. The number of amides is 2. The van der Waals surface area contributed by atoms with E-state index in [1.54, 1.807) is 35.0 Å². The molecule has 1 aliphatic heterocycles. The zero-order chi connectivity index (χ0) is 19.5. The van der Waals surface area contributed by atoms with E-state index in [0.717, 1.165) is 11.1 Å². The molecular weight excluding hydrogens is 354 g/mol. The van der Waals surface area contributed by atoms with Crippen LogP contribution in [0, 0.1) is 0 Å². The van der Waals surface area contributed by atoms with Crippen LogP contribution in [0.1, 0.15) is 23.5 Å². The monoisotopic (exact) mass is 373 g/mol. The van der Waals surface area contributed by atoms with Gasteiger partial charge in [-0.3, -0.25) is 14.4 Å². The van der Waals surface area contributed by atoms with E-state index in [2.05, 4.69) is 10.6 Å². The molecule has 1 atom stereocenters. The Labute approximate surface area is 161 Å². The predicted octanol–water partition coefficient (Wildman–Crippen LogP) is 2.96. The number of carbonyl (C=O) groups excluding carboxylic acids is 2. The van der Waals surface area contributed by atoms with Crippen molar-refractivity contribution >= 4 is 23.2 Å². The van der Waals surface area contributed by atoms with Crippen LogP contribution in [-0.2, 0) is 16.1 Å². The summed E-state index contributed by atoms with van der Waals surface area (Å²) in [5.74, 6) is -0.899. The highest BCUT2D eigenvalue weighted by atomic mass is 16.2. The molecule has 0 radical (unpaired) electrons. The van der Waals surface area contributed by atoms with Crippen LogP contribution < -0.4 is 16.2 Å². The van der Waals surface area contributed by atoms with Crippen LogP contribution in [0.5, 0.6) is 0 Å². The van der Waals surface area contributed by atoms with Crippen molar-refractivity contribution in [3.63, 3.8) is 0 Å². The molecule has 2 amide bonds. The van der Waals surface area contributed by atoms with Crippen LogP contribution in [0.3, 0.4) is 0 Å². The van der Waals surface area contributed by atoms with Crippen LogP contribution >= 0.6 is 0 Å². The third-order valence-electron chi connectivity index (χ3n) is 4.79. The summed E-state index contributed by atoms with van der Waals surface area (Å²) < 4.78 is 1.62. The summed E-state index contributed by atoms with van der Waals surface area (Å²) in [6.07, 6.45) is 1.86. The number of carbonyl (C=O) groups is 2. The first-order chi connectivity index (χ1) is 13.6. The number of benzene rings is 2. The minimum Gasteiger partial charge on any atom is -0.326 e. The van der Waals surface area contributed by atoms with Crippen molar-refractivity contribution in [2.45, 2.75) is 18.9 Å². The number of anilines is 2. The molecule has 6 nitrogen and oxygen atoms in total. The molecule has 0 saturated heterocycles. The van der Waals surface area contributed by atoms with E-state index in [1.807, 2.05) is 36.4 Å². The highest BCUT2D eigenvalue weighted by molar-refractivity contribution is 6.05. The molecule has 0 bridgehead atoms. The minimum atomic E-state index is -0.521. The highest BCUT2D eigenvalue weighted by Gasteiger charge is 2.30. The Morgan fingerprint density at radius 1 is 1.00 bits per heavy atom. The summed E-state index contributed by atoms with van der Waals surface area (Å²) in [6, 6.07) is 19.7. The average Bonchev–Trinajstić information content (AvgIpc) is 2.70. The van der Waals surface area contributed by atoms with Gasteiger partial charge in [0.15, 0.2) is 0 Å². The maximum absolute atomic E-state index is 12.8. The van der Waals surface area contributed by atoms with Gasteiger partial charge in [-0.2, -0.15) is 0 Å². The molecule has 0 fully saturated rings. The van der Waals surface area contributed by atoms with Crippen LogP contribution in [0.2, 0.25) is 0 Å². The molecule has 0 saturated carbocycles. The smallest absolute Gasteiger partial charge is 0.250 e. The first-order valence-electron chi connectivity index (χ1n) is 9.04. The van der Waals surface area contributed by atoms with Crippen LogP contribution in [0.15, 0.2) is 77.7 Å². The molecule has 1 aliphatic rings. The molecule has 0 aliphatic carbocycles. The molecule has 1 unspecified atom stereocenters. The third kappa shape index (κ3) is 3.71. The fraction of sp³-hybridized carbons (Fsp3) is 0.136. The summed E-state index contributed by atoms with van der Waals surface area (Å²) in [5, 5.41) is 5.69. The van der Waals surface area contributed by atoms with Gasteiger partial charge in [-0.1, -0.05) is 36.4 Å². The summed E-state index contributed by atoms with van der Waals surface area (Å²) in [6.45, 7) is 0.462. The second kappa shape index (κ2) is 7.52. The van der Waals surface area contributed by atoms with Crippen molar-refractivity contribution in [1.29, 1.82) is 0 Å². The van der Waals surface area contributed by atoms with E-state index < -0.39 is 5.92 Å². The predicted molar refractivity (Wildman–Crippen MR) is 107 cm³/mol. The fourth-order valence-electron chi connectivity index (χ4n) is 3.36. The van der Waals surface area contributed by atoms with E-state index in [4.69, 9.17) is 0 Å². The van der Waals surface area contributed by atoms with E-state index in [9.17, 15) is 14.4 Å². The second-order valence-electron chi connectivity index (χ2n) is 6.75. The van der Waals surface area contributed by atoms with Gasteiger partial charge in [-0.25, -0.2) is 0 Å². The highest BCUT2D eigenvalue weighted by Crippen LogP contribution is 2.32. The molecule has 2 aromatic carbocycles. The van der Waals surface area contributed by atoms with Gasteiger partial charge < -0.3 is 15.2 Å². The Bertz CT molecular complexity index is 1090. The summed E-state index contributed by atoms with van der Waals surface area (Å²) in [7, 11) is 0. The van der Waals surface area contributed by atoms with Crippen molar-refractivity contribution in [3.8, 4) is 0 Å². The van der Waals surface area contributed by atoms with Crippen LogP contribution in [-0.4, -0.2) is 16.4 Å². The number of para-hydroxylation sites is 1. The third-order valence-corrected chi connectivity index (χ3v) is 4.79. The summed E-state index contributed by atoms with van der Waals surface area (Å²) >= 11 is 0. The number of rotatable bonds is 4. The largest absolute Gasteiger partial charge is 0.326 e. The Hall–Kier alpha value is -3.67. The summed E-state index contributed by atoms with van der Waals surface area (Å²) in [5.41, 5.74) is 3.04. The lowest BCUT2D eigenvalue weighted by Gasteiger charge is -2.24. The first kappa shape index (κ1) is 17.7. The Kier molecular flexibility index (Phi) is 4.76. The molecule has 28 heavy (non-hydrogen) atoms. The van der Waals surface area contributed by atoms with Gasteiger partial charge in [-0.05, 0) is 35.4 Å². The molecule has 140 valence electrons. The first-order valence-corrected chi connectivity index (χ1v) is 9.04. The van der Waals surface area contributed by atoms with Crippen molar-refractivity contribution in [2.75, 3.05) is 10.6 Å². The number of hydrogen-bond acceptors (Lipinski definition) is 3. The molecule has 3 aromatic rings. The van der Waals surface area contributed by atoms with Crippen molar-refractivity contribution in [3.05, 3.63) is 94.4 Å². The second-order valence-corrected chi connectivity index (χ2v) is 6.75. The molecule has 2 heterocycles. The lowest BCUT2D eigenvalue weighted by atomic mass is 9.90. The van der Waals surface area contributed by atoms with Crippen molar-refractivity contribution in [2.24, 2.45) is 0 Å². The normalized spacial score (nSPS) is 15.4. The van der Waals surface area contributed by atoms with E-state index in [-0.39, 0.29) is 23.8 Å². The fourth-order valence-corrected chi connectivity index (χ4v) is 3.36. The Morgan fingerprint density at radius 3 is 2.54 bits per heavy atom. The quantitative estimate of drug-likeness (QED) is 0.738.